The number of aromatic nitrogens is 3. The summed E-state index contributed by atoms with van der Waals surface area (Å²) in [7, 11) is 0. The van der Waals surface area contributed by atoms with E-state index >= 15 is 0 Å². The molecule has 2 aromatic carbocycles. The zero-order valence-electron chi connectivity index (χ0n) is 12.9. The van der Waals surface area contributed by atoms with Crippen LogP contribution < -0.4 is 4.74 Å². The standard InChI is InChI=1S/C18H19N3O/c1-4-11-22-18-12-14(9-10-15(18)13(2)3)21-17-8-6-5-7-16(17)19-20-21/h5-10,12H,2,4,11H2,1,3H3. The molecule has 0 atom stereocenters. The lowest BCUT2D eigenvalue weighted by molar-refractivity contribution is 0.316. The summed E-state index contributed by atoms with van der Waals surface area (Å²) in [6, 6.07) is 14.0. The molecule has 22 heavy (non-hydrogen) atoms. The van der Waals surface area contributed by atoms with E-state index in [1.54, 1.807) is 0 Å². The van der Waals surface area contributed by atoms with Crippen LogP contribution in [0.1, 0.15) is 25.8 Å². The van der Waals surface area contributed by atoms with Crippen molar-refractivity contribution in [3.8, 4) is 11.4 Å². The van der Waals surface area contributed by atoms with Crippen LogP contribution in [0.2, 0.25) is 0 Å². The van der Waals surface area contributed by atoms with Crippen LogP contribution in [0, 0.1) is 0 Å². The molecular formula is C18H19N3O. The maximum Gasteiger partial charge on any atom is 0.128 e. The summed E-state index contributed by atoms with van der Waals surface area (Å²) in [4.78, 5) is 0. The van der Waals surface area contributed by atoms with Gasteiger partial charge in [0.15, 0.2) is 0 Å². The van der Waals surface area contributed by atoms with Crippen LogP contribution in [0.5, 0.6) is 5.75 Å². The lowest BCUT2D eigenvalue weighted by Crippen LogP contribution is -2.02. The summed E-state index contributed by atoms with van der Waals surface area (Å²) in [6.07, 6.45) is 0.964. The highest BCUT2D eigenvalue weighted by Crippen LogP contribution is 2.28. The van der Waals surface area contributed by atoms with Crippen molar-refractivity contribution < 1.29 is 4.74 Å². The minimum Gasteiger partial charge on any atom is -0.493 e. The average Bonchev–Trinajstić information content (AvgIpc) is 2.96. The molecule has 0 aliphatic rings. The SMILES string of the molecule is C=C(C)c1ccc(-n2nnc3ccccc32)cc1OCCC. The number of rotatable bonds is 5. The highest BCUT2D eigenvalue weighted by atomic mass is 16.5. The highest BCUT2D eigenvalue weighted by Gasteiger charge is 2.10. The Kier molecular flexibility index (Phi) is 3.92. The zero-order valence-corrected chi connectivity index (χ0v) is 12.9. The Morgan fingerprint density at radius 2 is 2.05 bits per heavy atom. The molecule has 0 spiro atoms. The van der Waals surface area contributed by atoms with Gasteiger partial charge in [0.05, 0.1) is 17.8 Å². The molecule has 4 heteroatoms. The van der Waals surface area contributed by atoms with Crippen molar-refractivity contribution >= 4 is 16.6 Å². The first-order valence-electron chi connectivity index (χ1n) is 7.44. The maximum atomic E-state index is 5.88. The van der Waals surface area contributed by atoms with E-state index in [1.807, 2.05) is 54.1 Å². The van der Waals surface area contributed by atoms with Crippen molar-refractivity contribution in [3.63, 3.8) is 0 Å². The van der Waals surface area contributed by atoms with E-state index < -0.39 is 0 Å². The molecule has 0 saturated heterocycles. The van der Waals surface area contributed by atoms with Crippen molar-refractivity contribution in [2.75, 3.05) is 6.61 Å². The number of hydrogen-bond acceptors (Lipinski definition) is 3. The molecule has 0 unspecified atom stereocenters. The van der Waals surface area contributed by atoms with Gasteiger partial charge in [-0.05, 0) is 43.2 Å². The van der Waals surface area contributed by atoms with Gasteiger partial charge in [0.1, 0.15) is 11.3 Å². The molecule has 0 saturated carbocycles. The molecular weight excluding hydrogens is 274 g/mol. The van der Waals surface area contributed by atoms with Crippen LogP contribution in [-0.4, -0.2) is 21.6 Å². The van der Waals surface area contributed by atoms with Gasteiger partial charge in [0, 0.05) is 11.6 Å². The van der Waals surface area contributed by atoms with Gasteiger partial charge < -0.3 is 4.74 Å². The van der Waals surface area contributed by atoms with Crippen LogP contribution in [0.3, 0.4) is 0 Å². The van der Waals surface area contributed by atoms with Gasteiger partial charge in [-0.15, -0.1) is 5.10 Å². The molecule has 3 aromatic rings. The fraction of sp³-hybridized carbons (Fsp3) is 0.222. The van der Waals surface area contributed by atoms with E-state index in [0.717, 1.165) is 40.0 Å². The molecule has 112 valence electrons. The second-order valence-electron chi connectivity index (χ2n) is 5.30. The predicted molar refractivity (Wildman–Crippen MR) is 89.4 cm³/mol. The second-order valence-corrected chi connectivity index (χ2v) is 5.30. The van der Waals surface area contributed by atoms with Crippen molar-refractivity contribution in [2.45, 2.75) is 20.3 Å². The van der Waals surface area contributed by atoms with E-state index in [1.165, 1.54) is 0 Å². The van der Waals surface area contributed by atoms with Crippen molar-refractivity contribution in [1.82, 2.24) is 15.0 Å². The third kappa shape index (κ3) is 2.60. The Morgan fingerprint density at radius 1 is 1.23 bits per heavy atom. The summed E-state index contributed by atoms with van der Waals surface area (Å²) in [5.41, 5.74) is 4.81. The van der Waals surface area contributed by atoms with Crippen molar-refractivity contribution in [2.24, 2.45) is 0 Å². The minimum absolute atomic E-state index is 0.682. The molecule has 4 nitrogen and oxygen atoms in total. The lowest BCUT2D eigenvalue weighted by Gasteiger charge is -2.13. The second kappa shape index (κ2) is 6.02. The van der Waals surface area contributed by atoms with E-state index in [4.69, 9.17) is 4.74 Å². The van der Waals surface area contributed by atoms with Gasteiger partial charge in [0.2, 0.25) is 0 Å². The molecule has 0 radical (unpaired) electrons. The molecule has 0 bridgehead atoms. The van der Waals surface area contributed by atoms with E-state index in [-0.39, 0.29) is 0 Å². The van der Waals surface area contributed by atoms with Crippen LogP contribution >= 0.6 is 0 Å². The summed E-state index contributed by atoms with van der Waals surface area (Å²) in [5, 5.41) is 8.45. The smallest absolute Gasteiger partial charge is 0.128 e. The van der Waals surface area contributed by atoms with Gasteiger partial charge >= 0.3 is 0 Å². The maximum absolute atomic E-state index is 5.88. The average molecular weight is 293 g/mol. The number of nitrogens with zero attached hydrogens (tertiary/aromatic N) is 3. The van der Waals surface area contributed by atoms with Gasteiger partial charge in [0.25, 0.3) is 0 Å². The van der Waals surface area contributed by atoms with Crippen LogP contribution in [0.4, 0.5) is 0 Å². The Balaban J connectivity index is 2.09. The summed E-state index contributed by atoms with van der Waals surface area (Å²) < 4.78 is 7.71. The monoisotopic (exact) mass is 293 g/mol. The molecule has 0 aliphatic carbocycles. The lowest BCUT2D eigenvalue weighted by atomic mass is 10.1. The zero-order chi connectivity index (χ0) is 15.5. The summed E-state index contributed by atoms with van der Waals surface area (Å²) in [5.74, 6) is 0.839. The highest BCUT2D eigenvalue weighted by molar-refractivity contribution is 5.76. The van der Waals surface area contributed by atoms with E-state index in [0.29, 0.717) is 6.61 Å². The molecule has 0 N–H and O–H groups in total. The molecule has 0 amide bonds. The molecule has 0 aliphatic heterocycles. The quantitative estimate of drug-likeness (QED) is 0.706. The summed E-state index contributed by atoms with van der Waals surface area (Å²) in [6.45, 7) is 8.78. The normalized spacial score (nSPS) is 10.8. The van der Waals surface area contributed by atoms with Gasteiger partial charge in [-0.1, -0.05) is 30.8 Å². The number of allylic oxidation sites excluding steroid dienone is 1. The Hall–Kier alpha value is -2.62. The Morgan fingerprint density at radius 3 is 2.82 bits per heavy atom. The Labute approximate surface area is 130 Å². The molecule has 1 heterocycles. The number of fused-ring (bicyclic) bond motifs is 1. The van der Waals surface area contributed by atoms with Crippen LogP contribution in [-0.2, 0) is 0 Å². The first-order chi connectivity index (χ1) is 10.7. The van der Waals surface area contributed by atoms with Crippen molar-refractivity contribution in [1.29, 1.82) is 0 Å². The van der Waals surface area contributed by atoms with E-state index in [2.05, 4.69) is 23.8 Å². The minimum atomic E-state index is 0.682. The number of benzene rings is 2. The molecule has 0 fully saturated rings. The van der Waals surface area contributed by atoms with Crippen LogP contribution in [0.25, 0.3) is 22.3 Å². The van der Waals surface area contributed by atoms with Gasteiger partial charge in [-0.25, -0.2) is 4.68 Å². The predicted octanol–water partition coefficient (Wildman–Crippen LogP) is 4.24. The Bertz CT molecular complexity index is 820. The van der Waals surface area contributed by atoms with Crippen LogP contribution in [0.15, 0.2) is 49.0 Å². The third-order valence-electron chi connectivity index (χ3n) is 3.48. The first kappa shape index (κ1) is 14.3. The van der Waals surface area contributed by atoms with Crippen molar-refractivity contribution in [3.05, 3.63) is 54.6 Å². The fourth-order valence-electron chi connectivity index (χ4n) is 2.39. The topological polar surface area (TPSA) is 39.9 Å². The largest absolute Gasteiger partial charge is 0.493 e. The number of para-hydroxylation sites is 1. The van der Waals surface area contributed by atoms with Gasteiger partial charge in [-0.2, -0.15) is 0 Å². The van der Waals surface area contributed by atoms with E-state index in [9.17, 15) is 0 Å². The summed E-state index contributed by atoms with van der Waals surface area (Å²) >= 11 is 0. The number of ether oxygens (including phenoxy) is 1. The molecule has 3 rings (SSSR count). The number of hydrogen-bond donors (Lipinski definition) is 0. The first-order valence-corrected chi connectivity index (χ1v) is 7.44. The fourth-order valence-corrected chi connectivity index (χ4v) is 2.39. The van der Waals surface area contributed by atoms with Gasteiger partial charge in [-0.3, -0.25) is 0 Å². The molecule has 1 aromatic heterocycles. The third-order valence-corrected chi connectivity index (χ3v) is 3.48.